The van der Waals surface area contributed by atoms with E-state index in [0.29, 0.717) is 17.1 Å². The molecule has 0 saturated heterocycles. The van der Waals surface area contributed by atoms with Gasteiger partial charge in [-0.3, -0.25) is 4.79 Å². The Hall–Kier alpha value is -2.63. The maximum atomic E-state index is 12.4. The number of aromatic nitrogens is 2. The van der Waals surface area contributed by atoms with Crippen LogP contribution in [0.4, 0.5) is 11.5 Å². The van der Waals surface area contributed by atoms with Crippen molar-refractivity contribution in [3.8, 4) is 5.75 Å². The number of hydrogen-bond acceptors (Lipinski definition) is 5. The molecule has 1 heterocycles. The van der Waals surface area contributed by atoms with E-state index < -0.39 is 0 Å². The standard InChI is InChI=1S/C18H24N4O2/c1-4-9-22(10-5-2)17-12-16(19-13-20-17)18(23)21-14-7-6-8-15(11-14)24-3/h6-8,11-13H,4-5,9-10H2,1-3H3,(H,21,23). The number of amides is 1. The third-order valence-corrected chi connectivity index (χ3v) is 3.52. The van der Waals surface area contributed by atoms with Gasteiger partial charge in [-0.2, -0.15) is 0 Å². The fraction of sp³-hybridized carbons (Fsp3) is 0.389. The van der Waals surface area contributed by atoms with E-state index in [4.69, 9.17) is 4.74 Å². The van der Waals surface area contributed by atoms with Gasteiger partial charge in [0.15, 0.2) is 0 Å². The van der Waals surface area contributed by atoms with Crippen LogP contribution in [0, 0.1) is 0 Å². The molecule has 0 spiro atoms. The Balaban J connectivity index is 2.15. The van der Waals surface area contributed by atoms with Gasteiger partial charge in [-0.1, -0.05) is 19.9 Å². The number of benzene rings is 1. The first-order valence-corrected chi connectivity index (χ1v) is 8.20. The van der Waals surface area contributed by atoms with Crippen LogP contribution in [0.1, 0.15) is 37.2 Å². The van der Waals surface area contributed by atoms with Crippen molar-refractivity contribution in [2.75, 3.05) is 30.4 Å². The Kier molecular flexibility index (Phi) is 6.54. The molecule has 0 aliphatic heterocycles. The molecule has 0 saturated carbocycles. The molecule has 1 amide bonds. The molecule has 0 atom stereocenters. The van der Waals surface area contributed by atoms with E-state index in [1.54, 1.807) is 19.2 Å². The minimum Gasteiger partial charge on any atom is -0.497 e. The van der Waals surface area contributed by atoms with Crippen molar-refractivity contribution < 1.29 is 9.53 Å². The van der Waals surface area contributed by atoms with Crippen LogP contribution in [0.3, 0.4) is 0 Å². The highest BCUT2D eigenvalue weighted by molar-refractivity contribution is 6.03. The van der Waals surface area contributed by atoms with E-state index in [1.165, 1.54) is 6.33 Å². The Labute approximate surface area is 142 Å². The first kappa shape index (κ1) is 17.7. The molecule has 1 aromatic carbocycles. The Morgan fingerprint density at radius 3 is 2.58 bits per heavy atom. The van der Waals surface area contributed by atoms with E-state index >= 15 is 0 Å². The number of rotatable bonds is 8. The highest BCUT2D eigenvalue weighted by Gasteiger charge is 2.13. The number of anilines is 2. The molecule has 0 aliphatic rings. The van der Waals surface area contributed by atoms with Gasteiger partial charge in [-0.05, 0) is 25.0 Å². The average Bonchev–Trinajstić information content (AvgIpc) is 2.62. The van der Waals surface area contributed by atoms with Gasteiger partial charge < -0.3 is 15.0 Å². The van der Waals surface area contributed by atoms with Gasteiger partial charge in [0.1, 0.15) is 23.6 Å². The van der Waals surface area contributed by atoms with Crippen LogP contribution in [0.2, 0.25) is 0 Å². The summed E-state index contributed by atoms with van der Waals surface area (Å²) in [5, 5.41) is 2.84. The number of nitrogens with one attached hydrogen (secondary N) is 1. The summed E-state index contributed by atoms with van der Waals surface area (Å²) in [5.41, 5.74) is 1.01. The summed E-state index contributed by atoms with van der Waals surface area (Å²) in [6.45, 7) is 6.06. The molecule has 0 bridgehead atoms. The molecule has 128 valence electrons. The predicted molar refractivity (Wildman–Crippen MR) is 95.8 cm³/mol. The molecular formula is C18H24N4O2. The van der Waals surface area contributed by atoms with Crippen molar-refractivity contribution in [1.29, 1.82) is 0 Å². The van der Waals surface area contributed by atoms with Crippen molar-refractivity contribution in [2.24, 2.45) is 0 Å². The van der Waals surface area contributed by atoms with E-state index in [-0.39, 0.29) is 5.91 Å². The second kappa shape index (κ2) is 8.86. The molecule has 2 aromatic rings. The van der Waals surface area contributed by atoms with Crippen LogP contribution in [0.5, 0.6) is 5.75 Å². The zero-order valence-corrected chi connectivity index (χ0v) is 14.5. The summed E-state index contributed by atoms with van der Waals surface area (Å²) in [6, 6.07) is 8.96. The largest absolute Gasteiger partial charge is 0.497 e. The fourth-order valence-electron chi connectivity index (χ4n) is 2.42. The van der Waals surface area contributed by atoms with Crippen molar-refractivity contribution in [1.82, 2.24) is 9.97 Å². The molecule has 2 rings (SSSR count). The number of ether oxygens (including phenoxy) is 1. The topological polar surface area (TPSA) is 67.4 Å². The van der Waals surface area contributed by atoms with Gasteiger partial charge in [0.25, 0.3) is 5.91 Å². The second-order valence-corrected chi connectivity index (χ2v) is 5.43. The molecule has 6 heteroatoms. The normalized spacial score (nSPS) is 10.3. The lowest BCUT2D eigenvalue weighted by atomic mass is 10.2. The van der Waals surface area contributed by atoms with Crippen LogP contribution >= 0.6 is 0 Å². The van der Waals surface area contributed by atoms with E-state index in [0.717, 1.165) is 31.7 Å². The monoisotopic (exact) mass is 328 g/mol. The number of carbonyl (C=O) groups excluding carboxylic acids is 1. The lowest BCUT2D eigenvalue weighted by Gasteiger charge is -2.22. The third-order valence-electron chi connectivity index (χ3n) is 3.52. The SMILES string of the molecule is CCCN(CCC)c1cc(C(=O)Nc2cccc(OC)c2)ncn1. The van der Waals surface area contributed by atoms with Crippen LogP contribution in [0.15, 0.2) is 36.7 Å². The third kappa shape index (κ3) is 4.68. The van der Waals surface area contributed by atoms with Crippen LogP contribution in [0.25, 0.3) is 0 Å². The number of methoxy groups -OCH3 is 1. The minimum atomic E-state index is -0.264. The lowest BCUT2D eigenvalue weighted by molar-refractivity contribution is 0.102. The summed E-state index contributed by atoms with van der Waals surface area (Å²) in [6.07, 6.45) is 3.48. The molecule has 1 N–H and O–H groups in total. The maximum Gasteiger partial charge on any atom is 0.274 e. The Morgan fingerprint density at radius 2 is 1.92 bits per heavy atom. The smallest absolute Gasteiger partial charge is 0.274 e. The number of hydrogen-bond donors (Lipinski definition) is 1. The van der Waals surface area contributed by atoms with Gasteiger partial charge in [0.05, 0.1) is 7.11 Å². The van der Waals surface area contributed by atoms with Crippen molar-refractivity contribution >= 4 is 17.4 Å². The summed E-state index contributed by atoms with van der Waals surface area (Å²) in [5.74, 6) is 1.21. The van der Waals surface area contributed by atoms with Crippen LogP contribution in [-0.4, -0.2) is 36.1 Å². The Morgan fingerprint density at radius 1 is 1.17 bits per heavy atom. The maximum absolute atomic E-state index is 12.4. The molecule has 1 aromatic heterocycles. The summed E-state index contributed by atoms with van der Waals surface area (Å²) in [7, 11) is 1.59. The van der Waals surface area contributed by atoms with E-state index in [9.17, 15) is 4.79 Å². The molecule has 0 fully saturated rings. The van der Waals surface area contributed by atoms with Gasteiger partial charge in [-0.15, -0.1) is 0 Å². The van der Waals surface area contributed by atoms with Crippen molar-refractivity contribution in [3.05, 3.63) is 42.4 Å². The van der Waals surface area contributed by atoms with E-state index in [1.807, 2.05) is 18.2 Å². The molecule has 0 aliphatic carbocycles. The molecular weight excluding hydrogens is 304 g/mol. The molecule has 0 radical (unpaired) electrons. The van der Waals surface area contributed by atoms with Crippen molar-refractivity contribution in [2.45, 2.75) is 26.7 Å². The number of nitrogens with zero attached hydrogens (tertiary/aromatic N) is 3. The van der Waals surface area contributed by atoms with Gasteiger partial charge in [-0.25, -0.2) is 9.97 Å². The Bertz CT molecular complexity index is 670. The van der Waals surface area contributed by atoms with Gasteiger partial charge in [0, 0.05) is 30.9 Å². The number of carbonyl (C=O) groups is 1. The predicted octanol–water partition coefficient (Wildman–Crippen LogP) is 3.36. The summed E-state index contributed by atoms with van der Waals surface area (Å²) in [4.78, 5) is 23.0. The summed E-state index contributed by atoms with van der Waals surface area (Å²) >= 11 is 0. The molecule has 6 nitrogen and oxygen atoms in total. The first-order valence-electron chi connectivity index (χ1n) is 8.20. The lowest BCUT2D eigenvalue weighted by Crippen LogP contribution is -2.26. The second-order valence-electron chi connectivity index (χ2n) is 5.43. The van der Waals surface area contributed by atoms with E-state index in [2.05, 4.69) is 34.0 Å². The summed E-state index contributed by atoms with van der Waals surface area (Å²) < 4.78 is 5.16. The van der Waals surface area contributed by atoms with Crippen LogP contribution in [-0.2, 0) is 0 Å². The highest BCUT2D eigenvalue weighted by Crippen LogP contribution is 2.18. The quantitative estimate of drug-likeness (QED) is 0.805. The first-order chi connectivity index (χ1) is 11.7. The van der Waals surface area contributed by atoms with Crippen LogP contribution < -0.4 is 15.0 Å². The highest BCUT2D eigenvalue weighted by atomic mass is 16.5. The average molecular weight is 328 g/mol. The molecule has 24 heavy (non-hydrogen) atoms. The zero-order chi connectivity index (χ0) is 17.4. The van der Waals surface area contributed by atoms with Gasteiger partial charge >= 0.3 is 0 Å². The zero-order valence-electron chi connectivity index (χ0n) is 14.5. The van der Waals surface area contributed by atoms with Gasteiger partial charge in [0.2, 0.25) is 0 Å². The van der Waals surface area contributed by atoms with Crippen molar-refractivity contribution in [3.63, 3.8) is 0 Å². The minimum absolute atomic E-state index is 0.264. The fourth-order valence-corrected chi connectivity index (χ4v) is 2.42. The molecule has 0 unspecified atom stereocenters.